The van der Waals surface area contributed by atoms with Crippen molar-refractivity contribution < 1.29 is 14.2 Å². The topological polar surface area (TPSA) is 65.5 Å². The van der Waals surface area contributed by atoms with Gasteiger partial charge in [0.25, 0.3) is 0 Å². The molecule has 1 N–H and O–H groups in total. The monoisotopic (exact) mass is 351 g/mol. The van der Waals surface area contributed by atoms with E-state index in [9.17, 15) is 0 Å². The first-order valence-corrected chi connectivity index (χ1v) is 7.33. The van der Waals surface area contributed by atoms with Gasteiger partial charge in [-0.05, 0) is 40.5 Å². The molecule has 1 aromatic heterocycles. The van der Waals surface area contributed by atoms with Crippen LogP contribution in [0.2, 0.25) is 0 Å². The first kappa shape index (κ1) is 13.9. The van der Waals surface area contributed by atoms with Crippen LogP contribution in [0.25, 0.3) is 0 Å². The molecular weight excluding hydrogens is 338 g/mol. The van der Waals surface area contributed by atoms with Crippen LogP contribution in [0.1, 0.15) is 12.5 Å². The molecule has 110 valence electrons. The molecule has 1 aliphatic rings. The lowest BCUT2D eigenvalue weighted by atomic mass is 10.2. The van der Waals surface area contributed by atoms with Crippen LogP contribution < -0.4 is 19.5 Å². The van der Waals surface area contributed by atoms with Crippen LogP contribution in [0, 0.1) is 0 Å². The maximum Gasteiger partial charge on any atom is 0.233 e. The van der Waals surface area contributed by atoms with Gasteiger partial charge in [-0.15, -0.1) is 0 Å². The Morgan fingerprint density at radius 3 is 3.00 bits per heavy atom. The number of halogens is 1. The quantitative estimate of drug-likeness (QED) is 0.893. The second kappa shape index (κ2) is 6.17. The van der Waals surface area contributed by atoms with Crippen LogP contribution in [0.3, 0.4) is 0 Å². The van der Waals surface area contributed by atoms with Crippen LogP contribution >= 0.6 is 15.9 Å². The standard InChI is InChI=1S/C14H14BrN3O3/c1-2-16-13-12(15)14(18-7-17-13)19-6-9-3-4-10-11(5-9)21-8-20-10/h3-5,7H,2,6,8H2,1H3,(H,16,17,18). The highest BCUT2D eigenvalue weighted by molar-refractivity contribution is 9.10. The van der Waals surface area contributed by atoms with E-state index in [2.05, 4.69) is 31.2 Å². The summed E-state index contributed by atoms with van der Waals surface area (Å²) in [5.74, 6) is 2.72. The van der Waals surface area contributed by atoms with E-state index in [1.54, 1.807) is 0 Å². The van der Waals surface area contributed by atoms with E-state index in [0.717, 1.165) is 23.6 Å². The van der Waals surface area contributed by atoms with Crippen LogP contribution in [-0.2, 0) is 6.61 Å². The van der Waals surface area contributed by atoms with E-state index in [1.807, 2.05) is 25.1 Å². The molecule has 0 spiro atoms. The number of hydrogen-bond acceptors (Lipinski definition) is 6. The van der Waals surface area contributed by atoms with Crippen molar-refractivity contribution in [3.63, 3.8) is 0 Å². The Morgan fingerprint density at radius 2 is 2.14 bits per heavy atom. The van der Waals surface area contributed by atoms with E-state index in [1.165, 1.54) is 6.33 Å². The van der Waals surface area contributed by atoms with Gasteiger partial charge in [-0.3, -0.25) is 0 Å². The molecule has 3 rings (SSSR count). The van der Waals surface area contributed by atoms with Crippen molar-refractivity contribution in [2.24, 2.45) is 0 Å². The lowest BCUT2D eigenvalue weighted by Gasteiger charge is -2.10. The fourth-order valence-electron chi connectivity index (χ4n) is 1.93. The maximum atomic E-state index is 5.74. The highest BCUT2D eigenvalue weighted by Crippen LogP contribution is 2.33. The normalized spacial score (nSPS) is 12.3. The number of benzene rings is 1. The van der Waals surface area contributed by atoms with Gasteiger partial charge in [0.2, 0.25) is 12.7 Å². The SMILES string of the molecule is CCNc1ncnc(OCc2ccc3c(c2)OCO3)c1Br. The number of nitrogens with zero attached hydrogens (tertiary/aromatic N) is 2. The number of fused-ring (bicyclic) bond motifs is 1. The predicted octanol–water partition coefficient (Wildman–Crippen LogP) is 2.98. The number of ether oxygens (including phenoxy) is 3. The van der Waals surface area contributed by atoms with Crippen LogP contribution in [0.15, 0.2) is 29.0 Å². The molecule has 0 saturated heterocycles. The van der Waals surface area contributed by atoms with Crippen molar-refractivity contribution in [3.05, 3.63) is 34.6 Å². The maximum absolute atomic E-state index is 5.74. The molecule has 0 unspecified atom stereocenters. The van der Waals surface area contributed by atoms with Gasteiger partial charge in [0.1, 0.15) is 23.2 Å². The third-order valence-electron chi connectivity index (χ3n) is 2.91. The molecule has 0 radical (unpaired) electrons. The van der Waals surface area contributed by atoms with Gasteiger partial charge >= 0.3 is 0 Å². The minimum atomic E-state index is 0.267. The molecule has 0 fully saturated rings. The van der Waals surface area contributed by atoms with Gasteiger partial charge in [0, 0.05) is 6.54 Å². The van der Waals surface area contributed by atoms with Crippen molar-refractivity contribution in [2.75, 3.05) is 18.7 Å². The summed E-state index contributed by atoms with van der Waals surface area (Å²) in [5, 5.41) is 3.13. The summed E-state index contributed by atoms with van der Waals surface area (Å²) < 4.78 is 17.1. The van der Waals surface area contributed by atoms with Gasteiger partial charge in [-0.2, -0.15) is 0 Å². The number of hydrogen-bond donors (Lipinski definition) is 1. The average Bonchev–Trinajstić information content (AvgIpc) is 2.96. The molecular formula is C14H14BrN3O3. The van der Waals surface area contributed by atoms with Gasteiger partial charge in [0.05, 0.1) is 0 Å². The first-order valence-electron chi connectivity index (χ1n) is 6.53. The summed E-state index contributed by atoms with van der Waals surface area (Å²) in [6.07, 6.45) is 1.47. The highest BCUT2D eigenvalue weighted by atomic mass is 79.9. The van der Waals surface area contributed by atoms with Gasteiger partial charge in [0.15, 0.2) is 11.5 Å². The highest BCUT2D eigenvalue weighted by Gasteiger charge is 2.14. The molecule has 6 nitrogen and oxygen atoms in total. The minimum Gasteiger partial charge on any atom is -0.472 e. The zero-order valence-electron chi connectivity index (χ0n) is 11.4. The fraction of sp³-hybridized carbons (Fsp3) is 0.286. The Bertz CT molecular complexity index is 651. The van der Waals surface area contributed by atoms with Crippen LogP contribution in [0.4, 0.5) is 5.82 Å². The average molecular weight is 352 g/mol. The summed E-state index contributed by atoms with van der Waals surface area (Å²) in [4.78, 5) is 8.28. The number of nitrogens with one attached hydrogen (secondary N) is 1. The van der Waals surface area contributed by atoms with E-state index in [4.69, 9.17) is 14.2 Å². The zero-order valence-corrected chi connectivity index (χ0v) is 13.0. The summed E-state index contributed by atoms with van der Waals surface area (Å²) in [5.41, 5.74) is 0.981. The summed E-state index contributed by atoms with van der Waals surface area (Å²) in [6, 6.07) is 5.72. The summed E-state index contributed by atoms with van der Waals surface area (Å²) >= 11 is 3.45. The Morgan fingerprint density at radius 1 is 1.29 bits per heavy atom. The van der Waals surface area contributed by atoms with Crippen LogP contribution in [-0.4, -0.2) is 23.3 Å². The molecule has 2 heterocycles. The molecule has 1 aliphatic heterocycles. The molecule has 0 atom stereocenters. The second-order valence-electron chi connectivity index (χ2n) is 4.35. The number of aromatic nitrogens is 2. The smallest absolute Gasteiger partial charge is 0.233 e. The predicted molar refractivity (Wildman–Crippen MR) is 80.8 cm³/mol. The Labute approximate surface area is 130 Å². The minimum absolute atomic E-state index is 0.267. The fourth-order valence-corrected chi connectivity index (χ4v) is 2.39. The number of anilines is 1. The second-order valence-corrected chi connectivity index (χ2v) is 5.14. The number of rotatable bonds is 5. The summed E-state index contributed by atoms with van der Waals surface area (Å²) in [6.45, 7) is 3.43. The van der Waals surface area contributed by atoms with Gasteiger partial charge < -0.3 is 19.5 Å². The zero-order chi connectivity index (χ0) is 14.7. The molecule has 1 aromatic carbocycles. The van der Waals surface area contributed by atoms with Crippen molar-refractivity contribution >= 4 is 21.7 Å². The summed E-state index contributed by atoms with van der Waals surface area (Å²) in [7, 11) is 0. The largest absolute Gasteiger partial charge is 0.472 e. The molecule has 2 aromatic rings. The van der Waals surface area contributed by atoms with E-state index < -0.39 is 0 Å². The van der Waals surface area contributed by atoms with Gasteiger partial charge in [-0.1, -0.05) is 6.07 Å². The Hall–Kier alpha value is -2.02. The Balaban J connectivity index is 1.71. The Kier molecular flexibility index (Phi) is 4.10. The third-order valence-corrected chi connectivity index (χ3v) is 3.63. The lowest BCUT2D eigenvalue weighted by molar-refractivity contribution is 0.174. The third kappa shape index (κ3) is 3.02. The molecule has 0 saturated carbocycles. The molecule has 7 heteroatoms. The van der Waals surface area contributed by atoms with E-state index >= 15 is 0 Å². The van der Waals surface area contributed by atoms with Crippen LogP contribution in [0.5, 0.6) is 17.4 Å². The molecule has 21 heavy (non-hydrogen) atoms. The van der Waals surface area contributed by atoms with E-state index in [-0.39, 0.29) is 6.79 Å². The van der Waals surface area contributed by atoms with Crippen molar-refractivity contribution in [1.29, 1.82) is 0 Å². The van der Waals surface area contributed by atoms with Gasteiger partial charge in [-0.25, -0.2) is 9.97 Å². The van der Waals surface area contributed by atoms with Crippen molar-refractivity contribution in [1.82, 2.24) is 9.97 Å². The molecule has 0 aliphatic carbocycles. The van der Waals surface area contributed by atoms with Crippen molar-refractivity contribution in [3.8, 4) is 17.4 Å². The molecule has 0 amide bonds. The van der Waals surface area contributed by atoms with E-state index in [0.29, 0.717) is 22.8 Å². The first-order chi connectivity index (χ1) is 10.3. The molecule has 0 bridgehead atoms. The van der Waals surface area contributed by atoms with Crippen molar-refractivity contribution in [2.45, 2.75) is 13.5 Å². The lowest BCUT2D eigenvalue weighted by Crippen LogP contribution is -2.04.